The van der Waals surface area contributed by atoms with E-state index in [-0.39, 0.29) is 11.7 Å². The molecule has 0 fully saturated rings. The van der Waals surface area contributed by atoms with Crippen molar-refractivity contribution in [2.45, 2.75) is 25.9 Å². The van der Waals surface area contributed by atoms with E-state index >= 15 is 0 Å². The van der Waals surface area contributed by atoms with Gasteiger partial charge in [-0.1, -0.05) is 26.0 Å². The summed E-state index contributed by atoms with van der Waals surface area (Å²) in [4.78, 5) is 8.59. The number of alkyl halides is 3. The van der Waals surface area contributed by atoms with Crippen molar-refractivity contribution in [3.05, 3.63) is 41.6 Å². The average molecular weight is 295 g/mol. The molecular weight excluding hydrogens is 279 g/mol. The van der Waals surface area contributed by atoms with Gasteiger partial charge in [-0.3, -0.25) is 0 Å². The number of anilines is 1. The first kappa shape index (κ1) is 15.3. The van der Waals surface area contributed by atoms with E-state index in [1.54, 1.807) is 19.2 Å². The molecule has 0 spiro atoms. The van der Waals surface area contributed by atoms with Crippen LogP contribution in [0.3, 0.4) is 0 Å². The van der Waals surface area contributed by atoms with Gasteiger partial charge in [0, 0.05) is 24.4 Å². The Kier molecular flexibility index (Phi) is 4.16. The maximum Gasteiger partial charge on any atom is 0.416 e. The lowest BCUT2D eigenvalue weighted by Gasteiger charge is -2.12. The fourth-order valence-electron chi connectivity index (χ4n) is 1.85. The SMILES string of the molecule is CNc1cc(C(C)C)nc(-c2cccc(C(F)(F)F)c2)n1. The minimum Gasteiger partial charge on any atom is -0.373 e. The molecule has 3 nitrogen and oxygen atoms in total. The Morgan fingerprint density at radius 1 is 1.10 bits per heavy atom. The number of nitrogens with one attached hydrogen (secondary N) is 1. The largest absolute Gasteiger partial charge is 0.416 e. The summed E-state index contributed by atoms with van der Waals surface area (Å²) in [6.07, 6.45) is -4.38. The molecule has 2 aromatic rings. The highest BCUT2D eigenvalue weighted by molar-refractivity contribution is 5.59. The molecule has 1 aromatic heterocycles. The number of hydrogen-bond acceptors (Lipinski definition) is 3. The molecular formula is C15H16F3N3. The van der Waals surface area contributed by atoms with E-state index in [9.17, 15) is 13.2 Å². The minimum absolute atomic E-state index is 0.157. The molecule has 0 atom stereocenters. The molecule has 112 valence electrons. The lowest BCUT2D eigenvalue weighted by atomic mass is 10.1. The summed E-state index contributed by atoms with van der Waals surface area (Å²) in [5.74, 6) is 1.03. The van der Waals surface area contributed by atoms with Crippen LogP contribution in [0.25, 0.3) is 11.4 Å². The highest BCUT2D eigenvalue weighted by atomic mass is 19.4. The molecule has 6 heteroatoms. The maximum absolute atomic E-state index is 12.8. The molecule has 0 aliphatic rings. The Labute approximate surface area is 121 Å². The van der Waals surface area contributed by atoms with Gasteiger partial charge in [0.05, 0.1) is 5.56 Å². The van der Waals surface area contributed by atoms with Gasteiger partial charge in [-0.25, -0.2) is 9.97 Å². The number of hydrogen-bond donors (Lipinski definition) is 1. The molecule has 0 saturated carbocycles. The highest BCUT2D eigenvalue weighted by Crippen LogP contribution is 2.31. The molecule has 21 heavy (non-hydrogen) atoms. The zero-order chi connectivity index (χ0) is 15.6. The van der Waals surface area contributed by atoms with Gasteiger partial charge < -0.3 is 5.32 Å². The molecule has 2 rings (SSSR count). The standard InChI is InChI=1S/C15H16F3N3/c1-9(2)12-8-13(19-3)21-14(20-12)10-5-4-6-11(7-10)15(16,17)18/h4-9H,1-3H3,(H,19,20,21). The number of halogens is 3. The molecule has 0 saturated heterocycles. The van der Waals surface area contributed by atoms with Gasteiger partial charge in [-0.15, -0.1) is 0 Å². The Morgan fingerprint density at radius 2 is 1.81 bits per heavy atom. The molecule has 1 heterocycles. The average Bonchev–Trinajstić information content (AvgIpc) is 2.46. The van der Waals surface area contributed by atoms with Gasteiger partial charge in [-0.05, 0) is 18.1 Å². The van der Waals surface area contributed by atoms with Gasteiger partial charge in [-0.2, -0.15) is 13.2 Å². The normalized spacial score (nSPS) is 11.8. The topological polar surface area (TPSA) is 37.8 Å². The number of benzene rings is 1. The first-order valence-electron chi connectivity index (χ1n) is 6.55. The molecule has 0 bridgehead atoms. The third-order valence-corrected chi connectivity index (χ3v) is 3.04. The van der Waals surface area contributed by atoms with E-state index in [2.05, 4.69) is 15.3 Å². The lowest BCUT2D eigenvalue weighted by molar-refractivity contribution is -0.137. The first-order chi connectivity index (χ1) is 9.81. The summed E-state index contributed by atoms with van der Waals surface area (Å²) in [7, 11) is 1.71. The van der Waals surface area contributed by atoms with Crippen molar-refractivity contribution < 1.29 is 13.2 Å². The zero-order valence-electron chi connectivity index (χ0n) is 12.0. The summed E-state index contributed by atoms with van der Waals surface area (Å²) in [5, 5.41) is 2.90. The fourth-order valence-corrected chi connectivity index (χ4v) is 1.85. The van der Waals surface area contributed by atoms with E-state index < -0.39 is 11.7 Å². The molecule has 0 aliphatic carbocycles. The van der Waals surface area contributed by atoms with Crippen molar-refractivity contribution in [3.63, 3.8) is 0 Å². The van der Waals surface area contributed by atoms with Crippen LogP contribution in [-0.2, 0) is 6.18 Å². The molecule has 1 aromatic carbocycles. The van der Waals surface area contributed by atoms with Crippen LogP contribution in [0.1, 0.15) is 31.0 Å². The van der Waals surface area contributed by atoms with E-state index in [1.165, 1.54) is 6.07 Å². The highest BCUT2D eigenvalue weighted by Gasteiger charge is 2.30. The second-order valence-electron chi connectivity index (χ2n) is 4.98. The molecule has 0 radical (unpaired) electrons. The van der Waals surface area contributed by atoms with Gasteiger partial charge in [0.25, 0.3) is 0 Å². The van der Waals surface area contributed by atoms with Crippen molar-refractivity contribution in [1.82, 2.24) is 9.97 Å². The first-order valence-corrected chi connectivity index (χ1v) is 6.55. The monoisotopic (exact) mass is 295 g/mol. The number of nitrogens with zero attached hydrogens (tertiary/aromatic N) is 2. The van der Waals surface area contributed by atoms with Crippen LogP contribution in [0.5, 0.6) is 0 Å². The van der Waals surface area contributed by atoms with Crippen LogP contribution in [0, 0.1) is 0 Å². The second kappa shape index (κ2) is 5.71. The molecule has 0 amide bonds. The Bertz CT molecular complexity index is 636. The van der Waals surface area contributed by atoms with Crippen LogP contribution < -0.4 is 5.32 Å². The summed E-state index contributed by atoms with van der Waals surface area (Å²) in [6.45, 7) is 3.94. The van der Waals surface area contributed by atoms with E-state index in [4.69, 9.17) is 0 Å². The predicted molar refractivity (Wildman–Crippen MR) is 76.1 cm³/mol. The van der Waals surface area contributed by atoms with Gasteiger partial charge in [0.1, 0.15) is 5.82 Å². The van der Waals surface area contributed by atoms with E-state index in [0.29, 0.717) is 11.4 Å². The summed E-state index contributed by atoms with van der Waals surface area (Å²) >= 11 is 0. The van der Waals surface area contributed by atoms with Crippen molar-refractivity contribution in [2.24, 2.45) is 0 Å². The van der Waals surface area contributed by atoms with Gasteiger partial charge in [0.2, 0.25) is 0 Å². The van der Waals surface area contributed by atoms with E-state index in [0.717, 1.165) is 17.8 Å². The third-order valence-electron chi connectivity index (χ3n) is 3.04. The van der Waals surface area contributed by atoms with Crippen LogP contribution in [0.15, 0.2) is 30.3 Å². The zero-order valence-corrected chi connectivity index (χ0v) is 12.0. The van der Waals surface area contributed by atoms with Crippen molar-refractivity contribution in [3.8, 4) is 11.4 Å². The summed E-state index contributed by atoms with van der Waals surface area (Å²) < 4.78 is 38.4. The van der Waals surface area contributed by atoms with E-state index in [1.807, 2.05) is 13.8 Å². The van der Waals surface area contributed by atoms with Gasteiger partial charge in [0.15, 0.2) is 5.82 Å². The second-order valence-corrected chi connectivity index (χ2v) is 4.98. The lowest BCUT2D eigenvalue weighted by Crippen LogP contribution is -2.06. The van der Waals surface area contributed by atoms with Crippen molar-refractivity contribution in [2.75, 3.05) is 12.4 Å². The van der Waals surface area contributed by atoms with Crippen molar-refractivity contribution >= 4 is 5.82 Å². The molecule has 0 unspecified atom stereocenters. The smallest absolute Gasteiger partial charge is 0.373 e. The summed E-state index contributed by atoms with van der Waals surface area (Å²) in [6, 6.07) is 6.84. The summed E-state index contributed by atoms with van der Waals surface area (Å²) in [5.41, 5.74) is 0.426. The Hall–Kier alpha value is -2.11. The fraction of sp³-hybridized carbons (Fsp3) is 0.333. The number of aromatic nitrogens is 2. The van der Waals surface area contributed by atoms with Crippen LogP contribution >= 0.6 is 0 Å². The molecule has 1 N–H and O–H groups in total. The third kappa shape index (κ3) is 3.51. The van der Waals surface area contributed by atoms with Crippen LogP contribution in [0.2, 0.25) is 0 Å². The predicted octanol–water partition coefficient (Wildman–Crippen LogP) is 4.33. The Morgan fingerprint density at radius 3 is 2.38 bits per heavy atom. The minimum atomic E-state index is -4.38. The Balaban J connectivity index is 2.53. The number of rotatable bonds is 3. The van der Waals surface area contributed by atoms with Gasteiger partial charge >= 0.3 is 6.18 Å². The van der Waals surface area contributed by atoms with Crippen LogP contribution in [-0.4, -0.2) is 17.0 Å². The molecule has 0 aliphatic heterocycles. The maximum atomic E-state index is 12.8. The van der Waals surface area contributed by atoms with Crippen LogP contribution in [0.4, 0.5) is 19.0 Å². The van der Waals surface area contributed by atoms with Crippen molar-refractivity contribution in [1.29, 1.82) is 0 Å². The quantitative estimate of drug-likeness (QED) is 0.916.